The largest absolute Gasteiger partial charge is 0.347 e. The maximum Gasteiger partial charge on any atom is 0.276 e. The fourth-order valence-electron chi connectivity index (χ4n) is 4.39. The number of nitrogens with one attached hydrogen (secondary N) is 1. The van der Waals surface area contributed by atoms with Crippen LogP contribution in [0.1, 0.15) is 24.1 Å². The standard InChI is InChI=1S/C24H27N5OS/c1-17-20(23(30)29(27(17)2)19-10-4-3-5-11-19)15-25-18-9-8-14-28(16-18)24-26-21-12-6-7-13-22(21)31-24/h3-7,10-13,18,25H,8-9,14-16H2,1-2H3/t18-/m1/s1. The first-order valence-corrected chi connectivity index (χ1v) is 11.6. The Morgan fingerprint density at radius 2 is 1.90 bits per heavy atom. The zero-order chi connectivity index (χ0) is 21.4. The normalized spacial score (nSPS) is 16.8. The number of benzene rings is 2. The fraction of sp³-hybridized carbons (Fsp3) is 0.333. The smallest absolute Gasteiger partial charge is 0.276 e. The second kappa shape index (κ2) is 8.32. The van der Waals surface area contributed by atoms with Crippen molar-refractivity contribution >= 4 is 26.7 Å². The highest BCUT2D eigenvalue weighted by atomic mass is 32.1. The van der Waals surface area contributed by atoms with Gasteiger partial charge in [-0.2, -0.15) is 0 Å². The summed E-state index contributed by atoms with van der Waals surface area (Å²) in [5, 5.41) is 4.75. The van der Waals surface area contributed by atoms with Crippen molar-refractivity contribution < 1.29 is 0 Å². The van der Waals surface area contributed by atoms with Crippen molar-refractivity contribution in [2.45, 2.75) is 32.4 Å². The van der Waals surface area contributed by atoms with Gasteiger partial charge in [0.15, 0.2) is 5.13 Å². The Kier molecular flexibility index (Phi) is 5.38. The lowest BCUT2D eigenvalue weighted by atomic mass is 10.1. The number of aromatic nitrogens is 3. The molecule has 5 rings (SSSR count). The molecule has 3 heterocycles. The number of anilines is 1. The first kappa shape index (κ1) is 20.0. The zero-order valence-electron chi connectivity index (χ0n) is 17.9. The number of para-hydroxylation sites is 2. The van der Waals surface area contributed by atoms with Gasteiger partial charge in [-0.1, -0.05) is 41.7 Å². The Morgan fingerprint density at radius 1 is 1.13 bits per heavy atom. The van der Waals surface area contributed by atoms with Gasteiger partial charge in [0.25, 0.3) is 5.56 Å². The van der Waals surface area contributed by atoms with Gasteiger partial charge >= 0.3 is 0 Å². The molecule has 0 saturated carbocycles. The highest BCUT2D eigenvalue weighted by Gasteiger charge is 2.23. The van der Waals surface area contributed by atoms with Crippen molar-refractivity contribution in [3.05, 3.63) is 76.2 Å². The van der Waals surface area contributed by atoms with Crippen LogP contribution in [0.25, 0.3) is 15.9 Å². The Hall–Kier alpha value is -2.90. The van der Waals surface area contributed by atoms with E-state index >= 15 is 0 Å². The van der Waals surface area contributed by atoms with E-state index in [2.05, 4.69) is 28.4 Å². The molecule has 1 fully saturated rings. The van der Waals surface area contributed by atoms with E-state index < -0.39 is 0 Å². The number of nitrogens with zero attached hydrogens (tertiary/aromatic N) is 4. The van der Waals surface area contributed by atoms with Gasteiger partial charge in [-0.15, -0.1) is 0 Å². The molecule has 2 aromatic heterocycles. The quantitative estimate of drug-likeness (QED) is 0.519. The predicted octanol–water partition coefficient (Wildman–Crippen LogP) is 3.85. The van der Waals surface area contributed by atoms with Crippen LogP contribution in [0.15, 0.2) is 59.4 Å². The molecular formula is C24H27N5OS. The molecule has 0 amide bonds. The molecule has 1 aliphatic heterocycles. The molecule has 1 N–H and O–H groups in total. The Labute approximate surface area is 185 Å². The summed E-state index contributed by atoms with van der Waals surface area (Å²) >= 11 is 1.76. The molecule has 0 aliphatic carbocycles. The highest BCUT2D eigenvalue weighted by molar-refractivity contribution is 7.22. The molecule has 6 nitrogen and oxygen atoms in total. The lowest BCUT2D eigenvalue weighted by Gasteiger charge is -2.33. The van der Waals surface area contributed by atoms with E-state index in [0.29, 0.717) is 12.6 Å². The Balaban J connectivity index is 1.31. The second-order valence-corrected chi connectivity index (χ2v) is 9.18. The molecule has 1 aliphatic rings. The summed E-state index contributed by atoms with van der Waals surface area (Å²) in [5.74, 6) is 0. The summed E-state index contributed by atoms with van der Waals surface area (Å²) in [7, 11) is 1.95. The molecule has 1 atom stereocenters. The van der Waals surface area contributed by atoms with E-state index in [9.17, 15) is 4.79 Å². The van der Waals surface area contributed by atoms with Crippen LogP contribution in [0, 0.1) is 6.92 Å². The fourth-order valence-corrected chi connectivity index (χ4v) is 5.39. The van der Waals surface area contributed by atoms with Crippen molar-refractivity contribution in [3.63, 3.8) is 0 Å². The van der Waals surface area contributed by atoms with Gasteiger partial charge in [0.2, 0.25) is 0 Å². The van der Waals surface area contributed by atoms with Crippen LogP contribution in [0.4, 0.5) is 5.13 Å². The van der Waals surface area contributed by atoms with E-state index in [1.54, 1.807) is 16.0 Å². The number of thiazole rings is 1. The lowest BCUT2D eigenvalue weighted by molar-refractivity contribution is 0.420. The van der Waals surface area contributed by atoms with Gasteiger partial charge in [-0.25, -0.2) is 9.67 Å². The Bertz CT molecular complexity index is 1220. The SMILES string of the molecule is Cc1c(CN[C@@H]2CCCN(c3nc4ccccc4s3)C2)c(=O)n(-c2ccccc2)n1C. The van der Waals surface area contributed by atoms with Crippen LogP contribution in [0.5, 0.6) is 0 Å². The van der Waals surface area contributed by atoms with Crippen molar-refractivity contribution in [2.24, 2.45) is 7.05 Å². The number of rotatable bonds is 5. The first-order chi connectivity index (χ1) is 15.1. The summed E-state index contributed by atoms with van der Waals surface area (Å²) in [6, 6.07) is 18.5. The van der Waals surface area contributed by atoms with E-state index in [1.165, 1.54) is 4.70 Å². The number of hydrogen-bond donors (Lipinski definition) is 1. The van der Waals surface area contributed by atoms with Gasteiger partial charge in [0.1, 0.15) is 0 Å². The number of hydrogen-bond acceptors (Lipinski definition) is 5. The van der Waals surface area contributed by atoms with Gasteiger partial charge in [-0.3, -0.25) is 9.48 Å². The van der Waals surface area contributed by atoms with E-state index in [4.69, 9.17) is 4.98 Å². The summed E-state index contributed by atoms with van der Waals surface area (Å²) in [6.07, 6.45) is 2.23. The van der Waals surface area contributed by atoms with Crippen LogP contribution >= 0.6 is 11.3 Å². The minimum atomic E-state index is 0.0533. The average molecular weight is 434 g/mol. The molecule has 4 aromatic rings. The number of fused-ring (bicyclic) bond motifs is 1. The molecule has 0 bridgehead atoms. The van der Waals surface area contributed by atoms with E-state index in [0.717, 1.165) is 53.5 Å². The molecule has 160 valence electrons. The minimum Gasteiger partial charge on any atom is -0.347 e. The van der Waals surface area contributed by atoms with E-state index in [1.807, 2.05) is 55.1 Å². The zero-order valence-corrected chi connectivity index (χ0v) is 18.7. The maximum absolute atomic E-state index is 13.2. The van der Waals surface area contributed by atoms with E-state index in [-0.39, 0.29) is 5.56 Å². The summed E-state index contributed by atoms with van der Waals surface area (Å²) in [4.78, 5) is 20.4. The van der Waals surface area contributed by atoms with Crippen LogP contribution in [-0.2, 0) is 13.6 Å². The maximum atomic E-state index is 13.2. The monoisotopic (exact) mass is 433 g/mol. The van der Waals surface area contributed by atoms with Crippen molar-refractivity contribution in [1.82, 2.24) is 19.7 Å². The highest BCUT2D eigenvalue weighted by Crippen LogP contribution is 2.30. The first-order valence-electron chi connectivity index (χ1n) is 10.8. The predicted molar refractivity (Wildman–Crippen MR) is 127 cm³/mol. The topological polar surface area (TPSA) is 55.1 Å². The van der Waals surface area contributed by atoms with Gasteiger partial charge in [0.05, 0.1) is 21.5 Å². The minimum absolute atomic E-state index is 0.0533. The summed E-state index contributed by atoms with van der Waals surface area (Å²) in [6.45, 7) is 4.55. The lowest BCUT2D eigenvalue weighted by Crippen LogP contribution is -2.46. The summed E-state index contributed by atoms with van der Waals surface area (Å²) < 4.78 is 4.93. The molecule has 31 heavy (non-hydrogen) atoms. The van der Waals surface area contributed by atoms with Gasteiger partial charge in [0, 0.05) is 38.4 Å². The summed E-state index contributed by atoms with van der Waals surface area (Å²) in [5.41, 5.74) is 3.85. The third-order valence-electron chi connectivity index (χ3n) is 6.22. The molecule has 0 radical (unpaired) electrons. The van der Waals surface area contributed by atoms with Crippen molar-refractivity contribution in [1.29, 1.82) is 0 Å². The Morgan fingerprint density at radius 3 is 2.71 bits per heavy atom. The van der Waals surface area contributed by atoms with Gasteiger partial charge < -0.3 is 10.2 Å². The third-order valence-corrected chi connectivity index (χ3v) is 7.31. The number of piperidine rings is 1. The average Bonchev–Trinajstić information content (AvgIpc) is 3.32. The molecule has 7 heteroatoms. The molecule has 2 aromatic carbocycles. The van der Waals surface area contributed by atoms with Crippen LogP contribution in [-0.4, -0.2) is 33.5 Å². The second-order valence-electron chi connectivity index (χ2n) is 8.17. The van der Waals surface area contributed by atoms with Gasteiger partial charge in [-0.05, 0) is 44.0 Å². The van der Waals surface area contributed by atoms with Crippen molar-refractivity contribution in [3.8, 4) is 5.69 Å². The van der Waals surface area contributed by atoms with Crippen LogP contribution < -0.4 is 15.8 Å². The molecule has 0 unspecified atom stereocenters. The van der Waals surface area contributed by atoms with Crippen molar-refractivity contribution in [2.75, 3.05) is 18.0 Å². The molecule has 0 spiro atoms. The third kappa shape index (κ3) is 3.79. The van der Waals surface area contributed by atoms with Crippen LogP contribution in [0.3, 0.4) is 0 Å². The van der Waals surface area contributed by atoms with Crippen LogP contribution in [0.2, 0.25) is 0 Å². The molecular weight excluding hydrogens is 406 g/mol. The molecule has 1 saturated heterocycles.